The van der Waals surface area contributed by atoms with E-state index in [0.29, 0.717) is 28.8 Å². The van der Waals surface area contributed by atoms with E-state index in [1.165, 1.54) is 0 Å². The van der Waals surface area contributed by atoms with Crippen LogP contribution < -0.4 is 10.1 Å². The number of amides is 1. The largest absolute Gasteiger partial charge is 0.494 e. The first-order valence-corrected chi connectivity index (χ1v) is 12.2. The van der Waals surface area contributed by atoms with Gasteiger partial charge in [0.25, 0.3) is 5.91 Å². The third-order valence-electron chi connectivity index (χ3n) is 5.54. The van der Waals surface area contributed by atoms with Crippen molar-refractivity contribution < 1.29 is 9.53 Å². The summed E-state index contributed by atoms with van der Waals surface area (Å²) in [5.41, 5.74) is 2.71. The Kier molecular flexibility index (Phi) is 8.45. The Morgan fingerprint density at radius 3 is 2.56 bits per heavy atom. The van der Waals surface area contributed by atoms with Crippen LogP contribution in [0.5, 0.6) is 5.75 Å². The molecule has 176 valence electrons. The normalized spacial score (nSPS) is 11.0. The van der Waals surface area contributed by atoms with Gasteiger partial charge in [0.15, 0.2) is 0 Å². The van der Waals surface area contributed by atoms with E-state index in [4.69, 9.17) is 32.9 Å². The SMILES string of the molecule is O=C(NCCCc1nc2ccccc2n1CCCCOc1ccc(Cl)cc1)c1cccc(Cl)c1. The zero-order valence-corrected chi connectivity index (χ0v) is 20.4. The first-order valence-electron chi connectivity index (χ1n) is 11.5. The molecule has 0 aliphatic carbocycles. The maximum Gasteiger partial charge on any atom is 0.251 e. The van der Waals surface area contributed by atoms with Crippen LogP contribution in [0.3, 0.4) is 0 Å². The number of aromatic nitrogens is 2. The Hall–Kier alpha value is -3.02. The van der Waals surface area contributed by atoms with Gasteiger partial charge in [-0.3, -0.25) is 4.79 Å². The monoisotopic (exact) mass is 495 g/mol. The minimum absolute atomic E-state index is 0.114. The van der Waals surface area contributed by atoms with Crippen molar-refractivity contribution in [3.63, 3.8) is 0 Å². The molecule has 4 rings (SSSR count). The van der Waals surface area contributed by atoms with Gasteiger partial charge in [-0.05, 0) is 73.9 Å². The molecule has 1 N–H and O–H groups in total. The van der Waals surface area contributed by atoms with Crippen molar-refractivity contribution >= 4 is 40.1 Å². The fraction of sp³-hybridized carbons (Fsp3) is 0.259. The third-order valence-corrected chi connectivity index (χ3v) is 6.03. The summed E-state index contributed by atoms with van der Waals surface area (Å²) >= 11 is 11.9. The Labute approximate surface area is 209 Å². The number of aryl methyl sites for hydroxylation is 2. The molecular weight excluding hydrogens is 469 g/mol. The summed E-state index contributed by atoms with van der Waals surface area (Å²) in [6.45, 7) is 2.09. The van der Waals surface area contributed by atoms with Gasteiger partial charge < -0.3 is 14.6 Å². The van der Waals surface area contributed by atoms with Crippen LogP contribution in [0.15, 0.2) is 72.8 Å². The molecule has 0 unspecified atom stereocenters. The molecule has 0 aliphatic rings. The Morgan fingerprint density at radius 1 is 0.912 bits per heavy atom. The van der Waals surface area contributed by atoms with Crippen molar-refractivity contribution in [1.82, 2.24) is 14.9 Å². The van der Waals surface area contributed by atoms with Crippen LogP contribution in [0.4, 0.5) is 0 Å². The van der Waals surface area contributed by atoms with E-state index in [1.807, 2.05) is 42.5 Å². The molecule has 3 aromatic carbocycles. The van der Waals surface area contributed by atoms with E-state index in [2.05, 4.69) is 16.0 Å². The molecular formula is C27H27Cl2N3O2. The fourth-order valence-electron chi connectivity index (χ4n) is 3.84. The van der Waals surface area contributed by atoms with Gasteiger partial charge in [0.05, 0.1) is 17.6 Å². The number of carbonyl (C=O) groups is 1. The van der Waals surface area contributed by atoms with Crippen molar-refractivity contribution in [2.24, 2.45) is 0 Å². The number of halogens is 2. The molecule has 1 amide bonds. The Balaban J connectivity index is 1.29. The van der Waals surface area contributed by atoms with Crippen molar-refractivity contribution in [1.29, 1.82) is 0 Å². The van der Waals surface area contributed by atoms with Crippen LogP contribution in [0, 0.1) is 0 Å². The summed E-state index contributed by atoms with van der Waals surface area (Å²) in [5.74, 6) is 1.76. The fourth-order valence-corrected chi connectivity index (χ4v) is 4.16. The van der Waals surface area contributed by atoms with Gasteiger partial charge in [0, 0.05) is 35.1 Å². The molecule has 1 heterocycles. The highest BCUT2D eigenvalue weighted by molar-refractivity contribution is 6.31. The number of fused-ring (bicyclic) bond motifs is 1. The van der Waals surface area contributed by atoms with Crippen LogP contribution >= 0.6 is 23.2 Å². The van der Waals surface area contributed by atoms with E-state index in [1.54, 1.807) is 24.3 Å². The summed E-state index contributed by atoms with van der Waals surface area (Å²) < 4.78 is 8.10. The van der Waals surface area contributed by atoms with Gasteiger partial charge in [-0.2, -0.15) is 0 Å². The summed E-state index contributed by atoms with van der Waals surface area (Å²) in [7, 11) is 0. The third kappa shape index (κ3) is 6.52. The summed E-state index contributed by atoms with van der Waals surface area (Å²) in [5, 5.41) is 4.23. The predicted octanol–water partition coefficient (Wildman–Crippen LogP) is 6.56. The second kappa shape index (κ2) is 11.9. The van der Waals surface area contributed by atoms with Gasteiger partial charge in [-0.25, -0.2) is 4.98 Å². The lowest BCUT2D eigenvalue weighted by Crippen LogP contribution is -2.25. The average Bonchev–Trinajstić information content (AvgIpc) is 3.20. The molecule has 5 nitrogen and oxygen atoms in total. The molecule has 0 spiro atoms. The lowest BCUT2D eigenvalue weighted by Gasteiger charge is -2.11. The smallest absolute Gasteiger partial charge is 0.251 e. The van der Waals surface area contributed by atoms with E-state index >= 15 is 0 Å². The summed E-state index contributed by atoms with van der Waals surface area (Å²) in [4.78, 5) is 17.2. The average molecular weight is 496 g/mol. The van der Waals surface area contributed by atoms with E-state index < -0.39 is 0 Å². The first-order chi connectivity index (χ1) is 16.6. The molecule has 4 aromatic rings. The van der Waals surface area contributed by atoms with Crippen LogP contribution in [0.2, 0.25) is 10.0 Å². The maximum absolute atomic E-state index is 12.3. The van der Waals surface area contributed by atoms with Crippen molar-refractivity contribution in [3.8, 4) is 5.75 Å². The maximum atomic E-state index is 12.3. The standard InChI is InChI=1S/C27H27Cl2N3O2/c28-21-12-14-23(15-13-21)34-18-4-3-17-32-25-10-2-1-9-24(25)31-26(32)11-6-16-30-27(33)20-7-5-8-22(29)19-20/h1-2,5,7-10,12-15,19H,3-4,6,11,16-18H2,(H,30,33). The highest BCUT2D eigenvalue weighted by atomic mass is 35.5. The second-order valence-corrected chi connectivity index (χ2v) is 8.92. The van der Waals surface area contributed by atoms with E-state index in [9.17, 15) is 4.79 Å². The molecule has 1 aromatic heterocycles. The van der Waals surface area contributed by atoms with Gasteiger partial charge in [0.2, 0.25) is 0 Å². The topological polar surface area (TPSA) is 56.2 Å². The zero-order chi connectivity index (χ0) is 23.8. The first kappa shape index (κ1) is 24.1. The molecule has 0 bridgehead atoms. The quantitative estimate of drug-likeness (QED) is 0.239. The van der Waals surface area contributed by atoms with E-state index in [0.717, 1.165) is 54.8 Å². The van der Waals surface area contributed by atoms with Crippen LogP contribution in [0.25, 0.3) is 11.0 Å². The molecule has 0 atom stereocenters. The number of imidazole rings is 1. The molecule has 0 radical (unpaired) electrons. The number of nitrogens with zero attached hydrogens (tertiary/aromatic N) is 2. The van der Waals surface area contributed by atoms with Gasteiger partial charge in [-0.1, -0.05) is 41.4 Å². The molecule has 0 aliphatic heterocycles. The zero-order valence-electron chi connectivity index (χ0n) is 18.8. The molecule has 0 saturated heterocycles. The Bertz CT molecular complexity index is 1240. The number of rotatable bonds is 11. The number of para-hydroxylation sites is 2. The highest BCUT2D eigenvalue weighted by Gasteiger charge is 2.11. The number of carbonyl (C=O) groups excluding carboxylic acids is 1. The number of nitrogens with one attached hydrogen (secondary N) is 1. The van der Waals surface area contributed by atoms with E-state index in [-0.39, 0.29) is 5.91 Å². The number of hydrogen-bond donors (Lipinski definition) is 1. The van der Waals surface area contributed by atoms with Crippen LogP contribution in [0.1, 0.15) is 35.4 Å². The number of ether oxygens (including phenoxy) is 1. The number of benzene rings is 3. The number of unbranched alkanes of at least 4 members (excludes halogenated alkanes) is 1. The van der Waals surface area contributed by atoms with Gasteiger partial charge >= 0.3 is 0 Å². The van der Waals surface area contributed by atoms with Crippen molar-refractivity contribution in [2.75, 3.05) is 13.2 Å². The Morgan fingerprint density at radius 2 is 1.74 bits per heavy atom. The van der Waals surface area contributed by atoms with Crippen molar-refractivity contribution in [2.45, 2.75) is 32.2 Å². The minimum Gasteiger partial charge on any atom is -0.494 e. The van der Waals surface area contributed by atoms with Gasteiger partial charge in [-0.15, -0.1) is 0 Å². The minimum atomic E-state index is -0.114. The second-order valence-electron chi connectivity index (χ2n) is 8.05. The van der Waals surface area contributed by atoms with Crippen molar-refractivity contribution in [3.05, 3.63) is 94.2 Å². The van der Waals surface area contributed by atoms with Crippen LogP contribution in [-0.4, -0.2) is 28.6 Å². The van der Waals surface area contributed by atoms with Crippen LogP contribution in [-0.2, 0) is 13.0 Å². The summed E-state index contributed by atoms with van der Waals surface area (Å²) in [6.07, 6.45) is 3.50. The molecule has 0 saturated carbocycles. The highest BCUT2D eigenvalue weighted by Crippen LogP contribution is 2.19. The number of hydrogen-bond acceptors (Lipinski definition) is 3. The lowest BCUT2D eigenvalue weighted by atomic mass is 10.2. The molecule has 0 fully saturated rings. The lowest BCUT2D eigenvalue weighted by molar-refractivity contribution is 0.0953. The molecule has 34 heavy (non-hydrogen) atoms. The molecule has 7 heteroatoms. The van der Waals surface area contributed by atoms with Gasteiger partial charge in [0.1, 0.15) is 11.6 Å². The predicted molar refractivity (Wildman–Crippen MR) is 138 cm³/mol. The summed E-state index contributed by atoms with van der Waals surface area (Å²) in [6, 6.07) is 22.6.